The number of aryl methyl sites for hydroxylation is 1. The zero-order valence-electron chi connectivity index (χ0n) is 14.0. The molecule has 136 valence electrons. The summed E-state index contributed by atoms with van der Waals surface area (Å²) in [5.74, 6) is -0.739. The summed E-state index contributed by atoms with van der Waals surface area (Å²) in [6.45, 7) is 2.49. The Morgan fingerprint density at radius 1 is 1.22 bits per heavy atom. The van der Waals surface area contributed by atoms with Crippen LogP contribution in [0.3, 0.4) is 0 Å². The lowest BCUT2D eigenvalue weighted by molar-refractivity contribution is 0.0972. The van der Waals surface area contributed by atoms with Crippen molar-refractivity contribution in [3.8, 4) is 0 Å². The number of nitrogens with zero attached hydrogens (tertiary/aromatic N) is 2. The number of rotatable bonds is 2. The van der Waals surface area contributed by atoms with Crippen LogP contribution in [0.2, 0.25) is 10.0 Å². The SMILES string of the molecule is CCn1c(=NC(=O)c2cc(=O)c3ccccc3o2)sc2cc(Cl)cc(Cl)c21. The number of hydrogen-bond donors (Lipinski definition) is 0. The normalized spacial score (nSPS) is 12.2. The molecule has 2 aromatic heterocycles. The van der Waals surface area contributed by atoms with Gasteiger partial charge in [-0.2, -0.15) is 4.99 Å². The Balaban J connectivity index is 1.90. The molecule has 4 rings (SSSR count). The van der Waals surface area contributed by atoms with Crippen LogP contribution in [0.5, 0.6) is 0 Å². The van der Waals surface area contributed by atoms with Crippen molar-refractivity contribution < 1.29 is 9.21 Å². The number of para-hydroxylation sites is 1. The predicted octanol–water partition coefficient (Wildman–Crippen LogP) is 4.88. The van der Waals surface area contributed by atoms with Crippen LogP contribution in [-0.4, -0.2) is 10.5 Å². The predicted molar refractivity (Wildman–Crippen MR) is 108 cm³/mol. The molecule has 8 heteroatoms. The Labute approximate surface area is 167 Å². The Hall–Kier alpha value is -2.41. The molecule has 27 heavy (non-hydrogen) atoms. The fourth-order valence-electron chi connectivity index (χ4n) is 2.86. The molecule has 0 atom stereocenters. The Morgan fingerprint density at radius 2 is 2.00 bits per heavy atom. The third kappa shape index (κ3) is 3.20. The molecule has 0 unspecified atom stereocenters. The highest BCUT2D eigenvalue weighted by atomic mass is 35.5. The highest BCUT2D eigenvalue weighted by Gasteiger charge is 2.14. The van der Waals surface area contributed by atoms with E-state index in [0.29, 0.717) is 32.4 Å². The van der Waals surface area contributed by atoms with Gasteiger partial charge in [0.1, 0.15) is 5.58 Å². The van der Waals surface area contributed by atoms with Crippen LogP contribution < -0.4 is 10.2 Å². The average Bonchev–Trinajstić information content (AvgIpc) is 2.98. The molecule has 0 saturated carbocycles. The van der Waals surface area contributed by atoms with Crippen molar-refractivity contribution in [2.75, 3.05) is 0 Å². The van der Waals surface area contributed by atoms with Gasteiger partial charge in [0.25, 0.3) is 0 Å². The summed E-state index contributed by atoms with van der Waals surface area (Å²) >= 11 is 13.7. The molecular weight excluding hydrogens is 407 g/mol. The van der Waals surface area contributed by atoms with Gasteiger partial charge in [-0.05, 0) is 31.2 Å². The van der Waals surface area contributed by atoms with Crippen LogP contribution in [0, 0.1) is 0 Å². The second-order valence-corrected chi connectivity index (χ2v) is 7.60. The van der Waals surface area contributed by atoms with E-state index in [4.69, 9.17) is 27.6 Å². The maximum absolute atomic E-state index is 12.6. The maximum atomic E-state index is 12.6. The van der Waals surface area contributed by atoms with Gasteiger partial charge >= 0.3 is 5.91 Å². The molecular formula is C19H12Cl2N2O3S. The summed E-state index contributed by atoms with van der Waals surface area (Å²) in [6, 6.07) is 11.4. The van der Waals surface area contributed by atoms with Crippen LogP contribution in [0.15, 0.2) is 56.7 Å². The molecule has 0 spiro atoms. The number of fused-ring (bicyclic) bond motifs is 2. The quantitative estimate of drug-likeness (QED) is 0.465. The van der Waals surface area contributed by atoms with Gasteiger partial charge in [0.2, 0.25) is 0 Å². The third-order valence-corrected chi connectivity index (χ3v) is 5.59. The van der Waals surface area contributed by atoms with Crippen molar-refractivity contribution in [2.45, 2.75) is 13.5 Å². The minimum absolute atomic E-state index is 0.108. The van der Waals surface area contributed by atoms with Gasteiger partial charge in [0, 0.05) is 17.6 Å². The van der Waals surface area contributed by atoms with Gasteiger partial charge in [-0.15, -0.1) is 0 Å². The largest absolute Gasteiger partial charge is 0.451 e. The van der Waals surface area contributed by atoms with Crippen molar-refractivity contribution in [3.63, 3.8) is 0 Å². The topological polar surface area (TPSA) is 64.6 Å². The van der Waals surface area contributed by atoms with Crippen molar-refractivity contribution in [1.29, 1.82) is 0 Å². The van der Waals surface area contributed by atoms with Crippen molar-refractivity contribution in [3.05, 3.63) is 73.3 Å². The molecule has 4 aromatic rings. The first-order valence-corrected chi connectivity index (χ1v) is 9.65. The molecule has 0 aliphatic carbocycles. The number of carbonyl (C=O) groups is 1. The van der Waals surface area contributed by atoms with E-state index in [1.165, 1.54) is 17.4 Å². The fraction of sp³-hybridized carbons (Fsp3) is 0.105. The van der Waals surface area contributed by atoms with E-state index in [9.17, 15) is 9.59 Å². The second-order valence-electron chi connectivity index (χ2n) is 5.75. The first kappa shape index (κ1) is 18.0. The summed E-state index contributed by atoms with van der Waals surface area (Å²) in [7, 11) is 0. The fourth-order valence-corrected chi connectivity index (χ4v) is 4.73. The van der Waals surface area contributed by atoms with E-state index in [-0.39, 0.29) is 11.2 Å². The zero-order valence-corrected chi connectivity index (χ0v) is 16.4. The molecule has 1 amide bonds. The number of thiazole rings is 1. The van der Waals surface area contributed by atoms with Gasteiger partial charge in [-0.1, -0.05) is 46.7 Å². The standard InChI is InChI=1S/C19H12Cl2N2O3S/c1-2-23-17-12(21)7-10(20)8-16(17)27-19(23)22-18(25)15-9-13(24)11-5-3-4-6-14(11)26-15/h3-9H,2H2,1H3. The summed E-state index contributed by atoms with van der Waals surface area (Å²) in [4.78, 5) is 29.5. The number of benzene rings is 2. The highest BCUT2D eigenvalue weighted by Crippen LogP contribution is 2.29. The number of carbonyl (C=O) groups excluding carboxylic acids is 1. The summed E-state index contributed by atoms with van der Waals surface area (Å²) < 4.78 is 8.22. The molecule has 0 bridgehead atoms. The molecule has 0 radical (unpaired) electrons. The minimum Gasteiger partial charge on any atom is -0.451 e. The van der Waals surface area contributed by atoms with E-state index < -0.39 is 5.91 Å². The van der Waals surface area contributed by atoms with Gasteiger partial charge in [0.15, 0.2) is 16.0 Å². The van der Waals surface area contributed by atoms with E-state index in [1.54, 1.807) is 36.4 Å². The first-order valence-electron chi connectivity index (χ1n) is 8.08. The lowest BCUT2D eigenvalue weighted by Gasteiger charge is -2.03. The Bertz CT molecular complexity index is 1330. The smallest absolute Gasteiger partial charge is 0.315 e. The highest BCUT2D eigenvalue weighted by molar-refractivity contribution is 7.16. The second kappa shape index (κ2) is 6.96. The van der Waals surface area contributed by atoms with Crippen molar-refractivity contribution >= 4 is 61.6 Å². The third-order valence-electron chi connectivity index (χ3n) is 4.05. The number of amides is 1. The van der Waals surface area contributed by atoms with E-state index in [1.807, 2.05) is 11.5 Å². The van der Waals surface area contributed by atoms with Gasteiger partial charge in [0.05, 0.1) is 20.6 Å². The number of halogens is 2. The van der Waals surface area contributed by atoms with Gasteiger partial charge < -0.3 is 8.98 Å². The number of aromatic nitrogens is 1. The average molecular weight is 419 g/mol. The van der Waals surface area contributed by atoms with Crippen molar-refractivity contribution in [1.82, 2.24) is 4.57 Å². The molecule has 0 N–H and O–H groups in total. The van der Waals surface area contributed by atoms with Crippen LogP contribution >= 0.6 is 34.5 Å². The zero-order chi connectivity index (χ0) is 19.1. The Morgan fingerprint density at radius 3 is 2.78 bits per heavy atom. The molecule has 5 nitrogen and oxygen atoms in total. The summed E-state index contributed by atoms with van der Waals surface area (Å²) in [6.07, 6.45) is 0. The van der Waals surface area contributed by atoms with Crippen LogP contribution in [0.25, 0.3) is 21.2 Å². The molecule has 0 aliphatic rings. The van der Waals surface area contributed by atoms with Crippen LogP contribution in [0.1, 0.15) is 17.5 Å². The van der Waals surface area contributed by atoms with Crippen LogP contribution in [-0.2, 0) is 6.54 Å². The van der Waals surface area contributed by atoms with E-state index in [2.05, 4.69) is 4.99 Å². The number of hydrogen-bond acceptors (Lipinski definition) is 4. The summed E-state index contributed by atoms with van der Waals surface area (Å²) in [5.41, 5.74) is 0.822. The van der Waals surface area contributed by atoms with Gasteiger partial charge in [-0.3, -0.25) is 9.59 Å². The lowest BCUT2D eigenvalue weighted by Crippen LogP contribution is -2.16. The molecule has 2 heterocycles. The monoisotopic (exact) mass is 418 g/mol. The first-order chi connectivity index (χ1) is 13.0. The Kier molecular flexibility index (Phi) is 4.63. The molecule has 2 aromatic carbocycles. The van der Waals surface area contributed by atoms with E-state index in [0.717, 1.165) is 10.2 Å². The lowest BCUT2D eigenvalue weighted by atomic mass is 10.2. The minimum atomic E-state index is -0.631. The van der Waals surface area contributed by atoms with E-state index >= 15 is 0 Å². The maximum Gasteiger partial charge on any atom is 0.315 e. The van der Waals surface area contributed by atoms with Crippen molar-refractivity contribution in [2.24, 2.45) is 4.99 Å². The molecule has 0 fully saturated rings. The van der Waals surface area contributed by atoms with Crippen LogP contribution in [0.4, 0.5) is 0 Å². The van der Waals surface area contributed by atoms with Gasteiger partial charge in [-0.25, -0.2) is 0 Å². The molecule has 0 aliphatic heterocycles. The molecule has 0 saturated heterocycles. The summed E-state index contributed by atoms with van der Waals surface area (Å²) in [5, 5.41) is 1.41.